The highest BCUT2D eigenvalue weighted by atomic mass is 35.5. The number of rotatable bonds is 6. The second-order valence-electron chi connectivity index (χ2n) is 6.92. The number of nitrogens with zero attached hydrogens (tertiary/aromatic N) is 4. The van der Waals surface area contributed by atoms with Crippen molar-refractivity contribution in [2.24, 2.45) is 0 Å². The van der Waals surface area contributed by atoms with Crippen molar-refractivity contribution >= 4 is 34.9 Å². The fourth-order valence-electron chi connectivity index (χ4n) is 3.10. The van der Waals surface area contributed by atoms with Crippen molar-refractivity contribution in [3.63, 3.8) is 0 Å². The summed E-state index contributed by atoms with van der Waals surface area (Å²) in [5.41, 5.74) is 2.85. The minimum Gasteiger partial charge on any atom is -0.454 e. The van der Waals surface area contributed by atoms with E-state index in [2.05, 4.69) is 15.5 Å². The molecule has 0 aliphatic rings. The molecule has 0 atom stereocenters. The molecule has 0 saturated carbocycles. The van der Waals surface area contributed by atoms with Crippen molar-refractivity contribution < 1.29 is 9.21 Å². The van der Waals surface area contributed by atoms with Crippen LogP contribution in [0, 0.1) is 13.8 Å². The van der Waals surface area contributed by atoms with E-state index in [4.69, 9.17) is 27.6 Å². The predicted octanol–water partition coefficient (Wildman–Crippen LogP) is 4.95. The lowest BCUT2D eigenvalue weighted by Gasteiger charge is -2.04. The van der Waals surface area contributed by atoms with Crippen LogP contribution in [0.4, 0.5) is 5.82 Å². The molecule has 0 radical (unpaired) electrons. The molecule has 9 heteroatoms. The smallest absolute Gasteiger partial charge is 0.292 e. The Morgan fingerprint density at radius 3 is 2.60 bits per heavy atom. The maximum atomic E-state index is 12.6. The van der Waals surface area contributed by atoms with Crippen LogP contribution in [0.1, 0.15) is 33.3 Å². The van der Waals surface area contributed by atoms with Crippen LogP contribution < -0.4 is 5.32 Å². The molecule has 0 spiro atoms. The van der Waals surface area contributed by atoms with Gasteiger partial charge in [0.25, 0.3) is 5.91 Å². The third-order valence-electron chi connectivity index (χ3n) is 4.53. The Morgan fingerprint density at radius 2 is 1.87 bits per heavy atom. The van der Waals surface area contributed by atoms with Gasteiger partial charge in [-0.25, -0.2) is 0 Å². The molecular weight excluding hydrogens is 425 g/mol. The maximum absolute atomic E-state index is 12.6. The summed E-state index contributed by atoms with van der Waals surface area (Å²) in [6.07, 6.45) is 1.64. The highest BCUT2D eigenvalue weighted by Gasteiger charge is 2.16. The van der Waals surface area contributed by atoms with Crippen molar-refractivity contribution in [1.29, 1.82) is 0 Å². The van der Waals surface area contributed by atoms with Gasteiger partial charge in [0, 0.05) is 16.9 Å². The van der Waals surface area contributed by atoms with Gasteiger partial charge in [0.2, 0.25) is 0 Å². The van der Waals surface area contributed by atoms with Gasteiger partial charge >= 0.3 is 0 Å². The number of carbonyl (C=O) groups excluding carboxylic acids is 1. The summed E-state index contributed by atoms with van der Waals surface area (Å²) in [6, 6.07) is 12.8. The average molecular weight is 444 g/mol. The molecular formula is C21H19Cl2N5O2. The molecule has 154 valence electrons. The number of nitrogens with one attached hydrogen (secondary N) is 1. The standard InChI is InChI=1S/C21H19Cl2N5O2/c1-13-9-14(2)28(25-13)11-16-7-8-19(30-16)21(29)24-20-18(23)12-27(26-20)10-15-5-3-4-6-17(15)22/h3-9,12H,10-11H2,1-2H3,(H,24,26,29). The van der Waals surface area contributed by atoms with Gasteiger partial charge in [-0.05, 0) is 43.7 Å². The van der Waals surface area contributed by atoms with Gasteiger partial charge in [0.15, 0.2) is 11.6 Å². The zero-order chi connectivity index (χ0) is 21.3. The number of benzene rings is 1. The van der Waals surface area contributed by atoms with Gasteiger partial charge in [-0.3, -0.25) is 14.2 Å². The molecule has 1 N–H and O–H groups in total. The average Bonchev–Trinajstić information content (AvgIpc) is 3.38. The fraction of sp³-hybridized carbons (Fsp3) is 0.190. The molecule has 4 aromatic rings. The summed E-state index contributed by atoms with van der Waals surface area (Å²) < 4.78 is 9.12. The molecule has 3 aromatic heterocycles. The number of aromatic nitrogens is 4. The first-order valence-electron chi connectivity index (χ1n) is 9.26. The normalized spacial score (nSPS) is 11.1. The Kier molecular flexibility index (Phi) is 5.65. The van der Waals surface area contributed by atoms with Gasteiger partial charge in [0.05, 0.1) is 18.8 Å². The first-order valence-corrected chi connectivity index (χ1v) is 10.0. The monoisotopic (exact) mass is 443 g/mol. The Morgan fingerprint density at radius 1 is 1.07 bits per heavy atom. The first-order chi connectivity index (χ1) is 14.4. The zero-order valence-electron chi connectivity index (χ0n) is 16.4. The van der Waals surface area contributed by atoms with Crippen LogP contribution in [-0.4, -0.2) is 25.5 Å². The second kappa shape index (κ2) is 8.38. The molecule has 0 bridgehead atoms. The molecule has 7 nitrogen and oxygen atoms in total. The van der Waals surface area contributed by atoms with Crippen LogP contribution >= 0.6 is 23.2 Å². The lowest BCUT2D eigenvalue weighted by Crippen LogP contribution is -2.12. The van der Waals surface area contributed by atoms with Gasteiger partial charge in [-0.1, -0.05) is 41.4 Å². The fourth-order valence-corrected chi connectivity index (χ4v) is 3.49. The first kappa shape index (κ1) is 20.3. The predicted molar refractivity (Wildman–Crippen MR) is 115 cm³/mol. The van der Waals surface area contributed by atoms with E-state index in [0.29, 0.717) is 28.9 Å². The topological polar surface area (TPSA) is 77.9 Å². The number of halogens is 2. The summed E-state index contributed by atoms with van der Waals surface area (Å²) >= 11 is 12.4. The Hall–Kier alpha value is -3.03. The van der Waals surface area contributed by atoms with E-state index in [1.54, 1.807) is 23.0 Å². The van der Waals surface area contributed by atoms with Crippen LogP contribution in [0.2, 0.25) is 10.0 Å². The minimum atomic E-state index is -0.431. The van der Waals surface area contributed by atoms with Crippen molar-refractivity contribution in [3.8, 4) is 0 Å². The molecule has 0 aliphatic carbocycles. The van der Waals surface area contributed by atoms with Crippen molar-refractivity contribution in [2.45, 2.75) is 26.9 Å². The van der Waals surface area contributed by atoms with Crippen LogP contribution in [0.3, 0.4) is 0 Å². The highest BCUT2D eigenvalue weighted by Crippen LogP contribution is 2.23. The lowest BCUT2D eigenvalue weighted by atomic mass is 10.2. The van der Waals surface area contributed by atoms with Crippen molar-refractivity contribution in [2.75, 3.05) is 5.32 Å². The molecule has 4 rings (SSSR count). The van der Waals surface area contributed by atoms with E-state index < -0.39 is 5.91 Å². The Balaban J connectivity index is 1.44. The number of anilines is 1. The van der Waals surface area contributed by atoms with Crippen LogP contribution in [0.5, 0.6) is 0 Å². The largest absolute Gasteiger partial charge is 0.454 e. The Labute approximate surface area is 183 Å². The molecule has 30 heavy (non-hydrogen) atoms. The third-order valence-corrected chi connectivity index (χ3v) is 5.18. The van der Waals surface area contributed by atoms with E-state index in [1.165, 1.54) is 0 Å². The quantitative estimate of drug-likeness (QED) is 0.457. The molecule has 3 heterocycles. The van der Waals surface area contributed by atoms with Gasteiger partial charge in [-0.15, -0.1) is 0 Å². The number of hydrogen-bond acceptors (Lipinski definition) is 4. The van der Waals surface area contributed by atoms with Gasteiger partial charge < -0.3 is 9.73 Å². The number of furan rings is 1. The number of hydrogen-bond donors (Lipinski definition) is 1. The second-order valence-corrected chi connectivity index (χ2v) is 7.73. The van der Waals surface area contributed by atoms with E-state index in [0.717, 1.165) is 17.0 Å². The number of carbonyl (C=O) groups is 1. The highest BCUT2D eigenvalue weighted by molar-refractivity contribution is 6.33. The number of aryl methyl sites for hydroxylation is 2. The van der Waals surface area contributed by atoms with Gasteiger partial charge in [-0.2, -0.15) is 10.2 Å². The molecule has 0 unspecified atom stereocenters. The van der Waals surface area contributed by atoms with Crippen LogP contribution in [0.25, 0.3) is 0 Å². The molecule has 1 amide bonds. The van der Waals surface area contributed by atoms with Crippen LogP contribution in [0.15, 0.2) is 53.1 Å². The zero-order valence-corrected chi connectivity index (χ0v) is 17.9. The van der Waals surface area contributed by atoms with Crippen molar-refractivity contribution in [1.82, 2.24) is 19.6 Å². The summed E-state index contributed by atoms with van der Waals surface area (Å²) in [5, 5.41) is 12.4. The van der Waals surface area contributed by atoms with E-state index in [1.807, 2.05) is 48.9 Å². The van der Waals surface area contributed by atoms with Crippen LogP contribution in [-0.2, 0) is 13.1 Å². The third kappa shape index (κ3) is 4.42. The van der Waals surface area contributed by atoms with E-state index >= 15 is 0 Å². The van der Waals surface area contributed by atoms with Crippen molar-refractivity contribution in [3.05, 3.63) is 87.2 Å². The summed E-state index contributed by atoms with van der Waals surface area (Å²) in [7, 11) is 0. The van der Waals surface area contributed by atoms with Gasteiger partial charge in [0.1, 0.15) is 10.8 Å². The number of amides is 1. The summed E-state index contributed by atoms with van der Waals surface area (Å²) in [6.45, 7) is 4.78. The molecule has 1 aromatic carbocycles. The SMILES string of the molecule is Cc1cc(C)n(Cc2ccc(C(=O)Nc3nn(Cc4ccccc4Cl)cc3Cl)o2)n1. The molecule has 0 aliphatic heterocycles. The van der Waals surface area contributed by atoms with E-state index in [9.17, 15) is 4.79 Å². The molecule has 0 fully saturated rings. The minimum absolute atomic E-state index is 0.170. The van der Waals surface area contributed by atoms with E-state index in [-0.39, 0.29) is 11.6 Å². The summed E-state index contributed by atoms with van der Waals surface area (Å²) in [4.78, 5) is 12.6. The maximum Gasteiger partial charge on any atom is 0.292 e. The summed E-state index contributed by atoms with van der Waals surface area (Å²) in [5.74, 6) is 0.620. The molecule has 0 saturated heterocycles. The lowest BCUT2D eigenvalue weighted by molar-refractivity contribution is 0.0994. The Bertz CT molecular complexity index is 1210.